The summed E-state index contributed by atoms with van der Waals surface area (Å²) in [5.74, 6) is 2.42. The Kier molecular flexibility index (Phi) is 5.23. The van der Waals surface area contributed by atoms with Gasteiger partial charge >= 0.3 is 6.03 Å². The molecule has 1 aromatic heterocycles. The van der Waals surface area contributed by atoms with E-state index in [1.54, 1.807) is 12.1 Å². The van der Waals surface area contributed by atoms with Crippen LogP contribution in [-0.2, 0) is 13.1 Å². The molecule has 0 radical (unpaired) electrons. The number of hydrogen-bond acceptors (Lipinski definition) is 3. The number of hydrogen-bond donors (Lipinski definition) is 2. The number of terminal acetylenes is 1. The molecule has 6 nitrogen and oxygen atoms in total. The van der Waals surface area contributed by atoms with Gasteiger partial charge in [0.1, 0.15) is 6.54 Å². The Bertz CT molecular complexity index is 1110. The van der Waals surface area contributed by atoms with E-state index in [0.29, 0.717) is 22.2 Å². The summed E-state index contributed by atoms with van der Waals surface area (Å²) in [6.45, 7) is 4.25. The zero-order valence-corrected chi connectivity index (χ0v) is 15.2. The van der Waals surface area contributed by atoms with Crippen molar-refractivity contribution in [2.75, 3.05) is 5.32 Å². The molecular formula is C21H20N4O2. The van der Waals surface area contributed by atoms with E-state index in [9.17, 15) is 9.59 Å². The molecule has 0 aliphatic rings. The molecule has 0 saturated heterocycles. The molecular weight excluding hydrogens is 340 g/mol. The molecule has 2 amide bonds. The Hall–Kier alpha value is -3.59. The molecule has 3 aromatic rings. The van der Waals surface area contributed by atoms with E-state index in [-0.39, 0.29) is 24.7 Å². The first-order valence-corrected chi connectivity index (χ1v) is 8.54. The molecule has 0 aliphatic carbocycles. The maximum absolute atomic E-state index is 12.4. The van der Waals surface area contributed by atoms with Gasteiger partial charge in [-0.1, -0.05) is 30.2 Å². The summed E-state index contributed by atoms with van der Waals surface area (Å²) in [7, 11) is 0. The quantitative estimate of drug-likeness (QED) is 0.703. The van der Waals surface area contributed by atoms with Crippen molar-refractivity contribution in [2.24, 2.45) is 0 Å². The second-order valence-electron chi connectivity index (χ2n) is 6.27. The van der Waals surface area contributed by atoms with E-state index in [2.05, 4.69) is 21.7 Å². The van der Waals surface area contributed by atoms with Gasteiger partial charge in [-0.15, -0.1) is 6.42 Å². The molecule has 0 fully saturated rings. The lowest BCUT2D eigenvalue weighted by molar-refractivity contribution is 0.251. The predicted octanol–water partition coefficient (Wildman–Crippen LogP) is 2.97. The van der Waals surface area contributed by atoms with E-state index in [1.807, 2.05) is 44.2 Å². The molecule has 3 rings (SSSR count). The number of carbonyl (C=O) groups is 1. The first-order valence-electron chi connectivity index (χ1n) is 8.54. The summed E-state index contributed by atoms with van der Waals surface area (Å²) in [5.41, 5.74) is 3.31. The van der Waals surface area contributed by atoms with Crippen molar-refractivity contribution >= 4 is 22.5 Å². The average molecular weight is 360 g/mol. The highest BCUT2D eigenvalue weighted by molar-refractivity contribution is 5.90. The second kappa shape index (κ2) is 7.75. The molecule has 0 spiro atoms. The highest BCUT2D eigenvalue weighted by Gasteiger charge is 2.11. The van der Waals surface area contributed by atoms with Gasteiger partial charge < -0.3 is 10.6 Å². The molecule has 0 saturated carbocycles. The van der Waals surface area contributed by atoms with Crippen LogP contribution in [0.1, 0.15) is 16.8 Å². The SMILES string of the molecule is C#CCn1nc(CNC(=O)Nc2ccc(C)c(C)c2)c2ccccc2c1=O. The zero-order chi connectivity index (χ0) is 19.4. The lowest BCUT2D eigenvalue weighted by Gasteiger charge is -2.12. The Morgan fingerprint density at radius 1 is 1.15 bits per heavy atom. The number of anilines is 1. The molecule has 0 aliphatic heterocycles. The number of nitrogens with one attached hydrogen (secondary N) is 2. The maximum Gasteiger partial charge on any atom is 0.319 e. The van der Waals surface area contributed by atoms with Gasteiger partial charge in [-0.25, -0.2) is 9.48 Å². The number of fused-ring (bicyclic) bond motifs is 1. The standard InChI is InChI=1S/C21H20N4O2/c1-4-11-25-20(26)18-8-6-5-7-17(18)19(24-25)13-22-21(27)23-16-10-9-14(2)15(3)12-16/h1,5-10,12H,11,13H2,2-3H3,(H2,22,23,27). The van der Waals surface area contributed by atoms with E-state index in [0.717, 1.165) is 11.1 Å². The lowest BCUT2D eigenvalue weighted by Crippen LogP contribution is -2.31. The molecule has 0 atom stereocenters. The number of amides is 2. The minimum Gasteiger partial charge on any atom is -0.332 e. The average Bonchev–Trinajstić information content (AvgIpc) is 2.66. The Morgan fingerprint density at radius 3 is 2.59 bits per heavy atom. The molecule has 136 valence electrons. The summed E-state index contributed by atoms with van der Waals surface area (Å²) in [6, 6.07) is 12.5. The van der Waals surface area contributed by atoms with Gasteiger partial charge in [0.15, 0.2) is 0 Å². The highest BCUT2D eigenvalue weighted by Crippen LogP contribution is 2.15. The molecule has 0 unspecified atom stereocenters. The Morgan fingerprint density at radius 2 is 1.89 bits per heavy atom. The van der Waals surface area contributed by atoms with Gasteiger partial charge in [0.05, 0.1) is 17.6 Å². The monoisotopic (exact) mass is 360 g/mol. The number of rotatable bonds is 4. The maximum atomic E-state index is 12.4. The van der Waals surface area contributed by atoms with Gasteiger partial charge in [0.2, 0.25) is 0 Å². The molecule has 6 heteroatoms. The topological polar surface area (TPSA) is 76.0 Å². The van der Waals surface area contributed by atoms with Crippen molar-refractivity contribution in [1.29, 1.82) is 0 Å². The van der Waals surface area contributed by atoms with Crippen molar-refractivity contribution in [1.82, 2.24) is 15.1 Å². The minimum absolute atomic E-state index is 0.0749. The fraction of sp³-hybridized carbons (Fsp3) is 0.190. The number of nitrogens with zero attached hydrogens (tertiary/aromatic N) is 2. The van der Waals surface area contributed by atoms with Crippen LogP contribution < -0.4 is 16.2 Å². The lowest BCUT2D eigenvalue weighted by atomic mass is 10.1. The zero-order valence-electron chi connectivity index (χ0n) is 15.2. The normalized spacial score (nSPS) is 10.4. The summed E-state index contributed by atoms with van der Waals surface area (Å²) in [6.07, 6.45) is 5.32. The molecule has 2 N–H and O–H groups in total. The third-order valence-electron chi connectivity index (χ3n) is 4.37. The first kappa shape index (κ1) is 18.2. The van der Waals surface area contributed by atoms with Crippen molar-refractivity contribution in [3.63, 3.8) is 0 Å². The minimum atomic E-state index is -0.348. The van der Waals surface area contributed by atoms with Crippen molar-refractivity contribution in [3.8, 4) is 12.3 Å². The van der Waals surface area contributed by atoms with Crippen LogP contribution in [0.3, 0.4) is 0 Å². The van der Waals surface area contributed by atoms with Gasteiger partial charge in [-0.05, 0) is 43.2 Å². The van der Waals surface area contributed by atoms with Crippen molar-refractivity contribution in [3.05, 3.63) is 69.6 Å². The van der Waals surface area contributed by atoms with E-state index >= 15 is 0 Å². The Balaban J connectivity index is 1.81. The highest BCUT2D eigenvalue weighted by atomic mass is 16.2. The second-order valence-corrected chi connectivity index (χ2v) is 6.27. The number of aryl methyl sites for hydroxylation is 2. The third-order valence-corrected chi connectivity index (χ3v) is 4.37. The van der Waals surface area contributed by atoms with Crippen LogP contribution in [0.4, 0.5) is 10.5 Å². The van der Waals surface area contributed by atoms with E-state index < -0.39 is 0 Å². The fourth-order valence-electron chi connectivity index (χ4n) is 2.79. The molecule has 27 heavy (non-hydrogen) atoms. The largest absolute Gasteiger partial charge is 0.332 e. The molecule has 1 heterocycles. The number of benzene rings is 2. The van der Waals surface area contributed by atoms with E-state index in [1.165, 1.54) is 4.68 Å². The summed E-state index contributed by atoms with van der Waals surface area (Å²) in [5, 5.41) is 11.1. The van der Waals surface area contributed by atoms with Gasteiger partial charge in [-0.3, -0.25) is 4.79 Å². The molecule has 0 bridgehead atoms. The smallest absolute Gasteiger partial charge is 0.319 e. The van der Waals surface area contributed by atoms with Gasteiger partial charge in [0.25, 0.3) is 5.56 Å². The Labute approximate surface area is 157 Å². The van der Waals surface area contributed by atoms with Crippen molar-refractivity contribution in [2.45, 2.75) is 26.9 Å². The number of urea groups is 1. The van der Waals surface area contributed by atoms with Crippen LogP contribution in [0.2, 0.25) is 0 Å². The summed E-state index contributed by atoms with van der Waals surface area (Å²) >= 11 is 0. The van der Waals surface area contributed by atoms with Gasteiger partial charge in [0, 0.05) is 11.1 Å². The third kappa shape index (κ3) is 3.98. The number of aromatic nitrogens is 2. The predicted molar refractivity (Wildman–Crippen MR) is 107 cm³/mol. The first-order chi connectivity index (χ1) is 13.0. The van der Waals surface area contributed by atoms with Crippen molar-refractivity contribution < 1.29 is 4.79 Å². The van der Waals surface area contributed by atoms with Gasteiger partial charge in [-0.2, -0.15) is 5.10 Å². The van der Waals surface area contributed by atoms with Crippen LogP contribution in [0.25, 0.3) is 10.8 Å². The van der Waals surface area contributed by atoms with Crippen LogP contribution in [0.5, 0.6) is 0 Å². The van der Waals surface area contributed by atoms with E-state index in [4.69, 9.17) is 6.42 Å². The van der Waals surface area contributed by atoms with Crippen LogP contribution in [-0.4, -0.2) is 15.8 Å². The summed E-state index contributed by atoms with van der Waals surface area (Å²) in [4.78, 5) is 24.7. The fourth-order valence-corrected chi connectivity index (χ4v) is 2.79. The van der Waals surface area contributed by atoms with Crippen LogP contribution in [0.15, 0.2) is 47.3 Å². The summed E-state index contributed by atoms with van der Waals surface area (Å²) < 4.78 is 1.24. The van der Waals surface area contributed by atoms with Crippen LogP contribution >= 0.6 is 0 Å². The number of carbonyl (C=O) groups excluding carboxylic acids is 1. The molecule has 2 aromatic carbocycles. The van der Waals surface area contributed by atoms with Crippen LogP contribution in [0, 0.1) is 26.2 Å².